The van der Waals surface area contributed by atoms with E-state index >= 15 is 0 Å². The predicted octanol–water partition coefficient (Wildman–Crippen LogP) is 3.49. The molecule has 0 aliphatic carbocycles. The van der Waals surface area contributed by atoms with Gasteiger partial charge in [0.2, 0.25) is 0 Å². The molecular weight excluding hydrogens is 284 g/mol. The number of hydrogen-bond acceptors (Lipinski definition) is 2. The summed E-state index contributed by atoms with van der Waals surface area (Å²) in [5.74, 6) is 1.37. The minimum Gasteiger partial charge on any atom is -0.329 e. The Morgan fingerprint density at radius 1 is 1.57 bits per heavy atom. The molecule has 2 rings (SSSR count). The van der Waals surface area contributed by atoms with Crippen LogP contribution in [0.15, 0.2) is 28.3 Å². The van der Waals surface area contributed by atoms with Crippen LogP contribution in [-0.2, 0) is 12.4 Å². The number of aromatic nitrogens is 2. The van der Waals surface area contributed by atoms with Gasteiger partial charge in [-0.15, -0.1) is 22.9 Å². The van der Waals surface area contributed by atoms with E-state index in [1.54, 1.807) is 17.5 Å². The van der Waals surface area contributed by atoms with Crippen LogP contribution in [0.25, 0.3) is 0 Å². The SMILES string of the molecule is ClCc1nccn1Cc1cc(Br)cs1. The van der Waals surface area contributed by atoms with Crippen LogP contribution in [-0.4, -0.2) is 9.55 Å². The Labute approximate surface area is 99.7 Å². The molecule has 0 aliphatic rings. The van der Waals surface area contributed by atoms with Gasteiger partial charge in [-0.1, -0.05) is 0 Å². The average Bonchev–Trinajstić information content (AvgIpc) is 2.76. The third-order valence-corrected chi connectivity index (χ3v) is 3.79. The van der Waals surface area contributed by atoms with Crippen LogP contribution in [0.5, 0.6) is 0 Å². The number of thiophene rings is 1. The van der Waals surface area contributed by atoms with E-state index in [4.69, 9.17) is 11.6 Å². The number of alkyl halides is 1. The summed E-state index contributed by atoms with van der Waals surface area (Å²) in [4.78, 5) is 5.45. The highest BCUT2D eigenvalue weighted by atomic mass is 79.9. The Kier molecular flexibility index (Phi) is 3.26. The Balaban J connectivity index is 2.18. The van der Waals surface area contributed by atoms with Gasteiger partial charge in [0.1, 0.15) is 5.82 Å². The van der Waals surface area contributed by atoms with Crippen molar-refractivity contribution in [2.75, 3.05) is 0 Å². The molecule has 2 nitrogen and oxygen atoms in total. The molecular formula is C9H8BrClN2S. The lowest BCUT2D eigenvalue weighted by Crippen LogP contribution is -2.00. The molecule has 2 heterocycles. The molecule has 74 valence electrons. The summed E-state index contributed by atoms with van der Waals surface area (Å²) in [7, 11) is 0. The van der Waals surface area contributed by atoms with Gasteiger partial charge < -0.3 is 4.57 Å². The first-order chi connectivity index (χ1) is 6.79. The molecule has 0 saturated carbocycles. The van der Waals surface area contributed by atoms with Gasteiger partial charge in [0.15, 0.2) is 0 Å². The van der Waals surface area contributed by atoms with Crippen molar-refractivity contribution in [2.24, 2.45) is 0 Å². The number of imidazole rings is 1. The monoisotopic (exact) mass is 290 g/mol. The van der Waals surface area contributed by atoms with E-state index < -0.39 is 0 Å². The smallest absolute Gasteiger partial charge is 0.123 e. The minimum atomic E-state index is 0.458. The third kappa shape index (κ3) is 2.19. The van der Waals surface area contributed by atoms with Crippen molar-refractivity contribution in [1.29, 1.82) is 0 Å². The topological polar surface area (TPSA) is 17.8 Å². The fourth-order valence-corrected chi connectivity index (χ4v) is 2.89. The Morgan fingerprint density at radius 2 is 2.43 bits per heavy atom. The summed E-state index contributed by atoms with van der Waals surface area (Å²) >= 11 is 10.9. The molecule has 14 heavy (non-hydrogen) atoms. The second-order valence-corrected chi connectivity index (χ2v) is 5.01. The number of rotatable bonds is 3. The summed E-state index contributed by atoms with van der Waals surface area (Å²) in [6.07, 6.45) is 3.73. The van der Waals surface area contributed by atoms with Crippen molar-refractivity contribution >= 4 is 38.9 Å². The molecule has 0 fully saturated rings. The zero-order chi connectivity index (χ0) is 9.97. The quantitative estimate of drug-likeness (QED) is 0.792. The van der Waals surface area contributed by atoms with Gasteiger partial charge in [-0.3, -0.25) is 0 Å². The Morgan fingerprint density at radius 3 is 3.07 bits per heavy atom. The van der Waals surface area contributed by atoms with Crippen molar-refractivity contribution in [3.05, 3.63) is 39.0 Å². The van der Waals surface area contributed by atoms with E-state index in [0.717, 1.165) is 16.8 Å². The highest BCUT2D eigenvalue weighted by Crippen LogP contribution is 2.21. The van der Waals surface area contributed by atoms with Gasteiger partial charge in [-0.25, -0.2) is 4.98 Å². The van der Waals surface area contributed by atoms with Crippen LogP contribution in [0.4, 0.5) is 0 Å². The number of halogens is 2. The second kappa shape index (κ2) is 4.47. The summed E-state index contributed by atoms with van der Waals surface area (Å²) in [5, 5.41) is 2.08. The first kappa shape index (κ1) is 10.2. The number of hydrogen-bond donors (Lipinski definition) is 0. The molecule has 0 spiro atoms. The third-order valence-electron chi connectivity index (χ3n) is 1.87. The van der Waals surface area contributed by atoms with Gasteiger partial charge in [-0.2, -0.15) is 0 Å². The molecule has 0 aromatic carbocycles. The van der Waals surface area contributed by atoms with Crippen molar-refractivity contribution in [2.45, 2.75) is 12.4 Å². The lowest BCUT2D eigenvalue weighted by Gasteiger charge is -2.02. The van der Waals surface area contributed by atoms with Gasteiger partial charge in [0, 0.05) is 27.1 Å². The normalized spacial score (nSPS) is 10.7. The maximum Gasteiger partial charge on any atom is 0.123 e. The van der Waals surface area contributed by atoms with Gasteiger partial charge in [0.25, 0.3) is 0 Å². The average molecular weight is 292 g/mol. The van der Waals surface area contributed by atoms with E-state index in [2.05, 4.69) is 36.9 Å². The lowest BCUT2D eigenvalue weighted by atomic mass is 10.4. The van der Waals surface area contributed by atoms with Crippen molar-refractivity contribution in [3.8, 4) is 0 Å². The van der Waals surface area contributed by atoms with Crippen LogP contribution in [0.2, 0.25) is 0 Å². The Hall–Kier alpha value is -0.320. The largest absolute Gasteiger partial charge is 0.329 e. The first-order valence-corrected chi connectivity index (χ1v) is 6.29. The first-order valence-electron chi connectivity index (χ1n) is 4.08. The fourth-order valence-electron chi connectivity index (χ4n) is 1.22. The highest BCUT2D eigenvalue weighted by molar-refractivity contribution is 9.10. The maximum absolute atomic E-state index is 5.76. The molecule has 0 unspecified atom stereocenters. The molecule has 0 atom stereocenters. The van der Waals surface area contributed by atoms with Crippen LogP contribution in [0.3, 0.4) is 0 Å². The van der Waals surface area contributed by atoms with Gasteiger partial charge >= 0.3 is 0 Å². The fraction of sp³-hybridized carbons (Fsp3) is 0.222. The molecule has 5 heteroatoms. The molecule has 0 N–H and O–H groups in total. The van der Waals surface area contributed by atoms with E-state index in [-0.39, 0.29) is 0 Å². The van der Waals surface area contributed by atoms with E-state index in [9.17, 15) is 0 Å². The summed E-state index contributed by atoms with van der Waals surface area (Å²) in [6, 6.07) is 2.11. The molecule has 2 aromatic rings. The van der Waals surface area contributed by atoms with Crippen molar-refractivity contribution in [1.82, 2.24) is 9.55 Å². The minimum absolute atomic E-state index is 0.458. The van der Waals surface area contributed by atoms with Crippen LogP contribution < -0.4 is 0 Å². The lowest BCUT2D eigenvalue weighted by molar-refractivity contribution is 0.765. The molecule has 0 amide bonds. The zero-order valence-electron chi connectivity index (χ0n) is 7.28. The van der Waals surface area contributed by atoms with Crippen LogP contribution in [0.1, 0.15) is 10.7 Å². The van der Waals surface area contributed by atoms with Gasteiger partial charge in [0.05, 0.1) is 12.4 Å². The van der Waals surface area contributed by atoms with Crippen molar-refractivity contribution in [3.63, 3.8) is 0 Å². The molecule has 0 saturated heterocycles. The van der Waals surface area contributed by atoms with Gasteiger partial charge in [-0.05, 0) is 22.0 Å². The van der Waals surface area contributed by atoms with Crippen LogP contribution in [0, 0.1) is 0 Å². The standard InChI is InChI=1S/C9H8BrClN2S/c10-7-3-8(14-6-7)5-13-2-1-12-9(13)4-11/h1-3,6H,4-5H2. The zero-order valence-corrected chi connectivity index (χ0v) is 10.4. The summed E-state index contributed by atoms with van der Waals surface area (Å²) in [5.41, 5.74) is 0. The summed E-state index contributed by atoms with van der Waals surface area (Å²) in [6.45, 7) is 0.846. The molecule has 2 aromatic heterocycles. The second-order valence-electron chi connectivity index (χ2n) is 2.84. The van der Waals surface area contributed by atoms with E-state index in [0.29, 0.717) is 5.88 Å². The highest BCUT2D eigenvalue weighted by Gasteiger charge is 2.03. The molecule has 0 aliphatic heterocycles. The van der Waals surface area contributed by atoms with E-state index in [1.807, 2.05) is 6.20 Å². The summed E-state index contributed by atoms with van der Waals surface area (Å²) < 4.78 is 3.19. The van der Waals surface area contributed by atoms with E-state index in [1.165, 1.54) is 4.88 Å². The predicted molar refractivity (Wildman–Crippen MR) is 62.9 cm³/mol. The Bertz CT molecular complexity index is 424. The van der Waals surface area contributed by atoms with Crippen molar-refractivity contribution < 1.29 is 0 Å². The number of nitrogens with zero attached hydrogens (tertiary/aromatic N) is 2. The molecule has 0 radical (unpaired) electrons. The van der Waals surface area contributed by atoms with Crippen LogP contribution >= 0.6 is 38.9 Å². The maximum atomic E-state index is 5.76. The molecule has 0 bridgehead atoms.